The number of rotatable bonds is 3. The Labute approximate surface area is 56.8 Å². The van der Waals surface area contributed by atoms with Gasteiger partial charge in [-0.25, -0.2) is 0 Å². The Hall–Kier alpha value is -0.0151. The highest BCUT2D eigenvalue weighted by Gasteiger charge is 2.22. The maximum atomic E-state index is 3.34. The summed E-state index contributed by atoms with van der Waals surface area (Å²) < 4.78 is 0. The SMILES string of the molecule is [B]1CN1NCC1CCC1. The summed E-state index contributed by atoms with van der Waals surface area (Å²) in [7, 11) is 2.17. The summed E-state index contributed by atoms with van der Waals surface area (Å²) >= 11 is 0. The molecule has 1 heterocycles. The number of nitrogens with one attached hydrogen (secondary N) is 1. The van der Waals surface area contributed by atoms with Crippen LogP contribution in [0.4, 0.5) is 0 Å². The van der Waals surface area contributed by atoms with E-state index in [1.807, 2.05) is 0 Å². The molecule has 1 N–H and O–H groups in total. The minimum atomic E-state index is 0.985. The smallest absolute Gasteiger partial charge is 0.244 e. The first-order chi connectivity index (χ1) is 4.45. The summed E-state index contributed by atoms with van der Waals surface area (Å²) in [6, 6.07) is 0. The van der Waals surface area contributed by atoms with Crippen LogP contribution in [-0.4, -0.2) is 25.3 Å². The molecule has 1 saturated heterocycles. The Balaban J connectivity index is 1.55. The van der Waals surface area contributed by atoms with Gasteiger partial charge < -0.3 is 0 Å². The second-order valence-electron chi connectivity index (χ2n) is 2.99. The van der Waals surface area contributed by atoms with Crippen molar-refractivity contribution in [2.24, 2.45) is 5.92 Å². The van der Waals surface area contributed by atoms with E-state index in [4.69, 9.17) is 0 Å². The molecule has 0 aromatic heterocycles. The van der Waals surface area contributed by atoms with Gasteiger partial charge in [-0.1, -0.05) is 6.42 Å². The third-order valence-electron chi connectivity index (χ3n) is 2.17. The normalized spacial score (nSPS) is 33.1. The van der Waals surface area contributed by atoms with E-state index >= 15 is 0 Å². The lowest BCUT2D eigenvalue weighted by molar-refractivity contribution is 0.268. The molecule has 0 aromatic carbocycles. The molecule has 1 aliphatic carbocycles. The molecule has 0 aromatic rings. The number of nitrogens with zero attached hydrogens (tertiary/aromatic N) is 1. The summed E-state index contributed by atoms with van der Waals surface area (Å²) in [4.78, 5) is 2.15. The van der Waals surface area contributed by atoms with Gasteiger partial charge in [0.15, 0.2) is 0 Å². The van der Waals surface area contributed by atoms with E-state index in [0.717, 1.165) is 12.4 Å². The fourth-order valence-electron chi connectivity index (χ4n) is 1.11. The Kier molecular flexibility index (Phi) is 1.48. The summed E-state index contributed by atoms with van der Waals surface area (Å²) in [5.74, 6) is 0.985. The molecule has 2 nitrogen and oxygen atoms in total. The third kappa shape index (κ3) is 1.46. The molecule has 3 heteroatoms. The van der Waals surface area contributed by atoms with Crippen LogP contribution in [0.3, 0.4) is 0 Å². The zero-order valence-corrected chi connectivity index (χ0v) is 5.64. The highest BCUT2D eigenvalue weighted by atomic mass is 15.5. The number of hydrazine groups is 1. The van der Waals surface area contributed by atoms with Crippen LogP contribution >= 0.6 is 0 Å². The first-order valence-electron chi connectivity index (χ1n) is 3.78. The van der Waals surface area contributed by atoms with Gasteiger partial charge in [0.2, 0.25) is 7.41 Å². The van der Waals surface area contributed by atoms with Crippen molar-refractivity contribution in [2.45, 2.75) is 19.3 Å². The first kappa shape index (κ1) is 5.75. The molecule has 0 spiro atoms. The minimum absolute atomic E-state index is 0.985. The lowest BCUT2D eigenvalue weighted by atomic mass is 9.86. The van der Waals surface area contributed by atoms with Gasteiger partial charge in [0.25, 0.3) is 0 Å². The zero-order chi connectivity index (χ0) is 6.10. The van der Waals surface area contributed by atoms with Crippen molar-refractivity contribution >= 4 is 7.41 Å². The molecule has 9 heavy (non-hydrogen) atoms. The van der Waals surface area contributed by atoms with Gasteiger partial charge in [0.05, 0.1) is 0 Å². The largest absolute Gasteiger partial charge is 0.295 e. The van der Waals surface area contributed by atoms with E-state index in [1.165, 1.54) is 25.8 Å². The standard InChI is InChI=1S/C6H12BN2/c1-2-6(3-1)4-8-9-5-7-9/h6,8H,1-5H2. The zero-order valence-electron chi connectivity index (χ0n) is 5.64. The van der Waals surface area contributed by atoms with E-state index in [2.05, 4.69) is 17.8 Å². The maximum absolute atomic E-state index is 3.34. The van der Waals surface area contributed by atoms with Crippen LogP contribution in [0.1, 0.15) is 19.3 Å². The molecule has 0 amide bonds. The van der Waals surface area contributed by atoms with Crippen molar-refractivity contribution < 1.29 is 0 Å². The predicted octanol–water partition coefficient (Wildman–Crippen LogP) is 0.183. The molecule has 0 bridgehead atoms. The average molecular weight is 123 g/mol. The molecule has 1 radical (unpaired) electrons. The van der Waals surface area contributed by atoms with Crippen LogP contribution in [0, 0.1) is 5.92 Å². The molecule has 1 atom stereocenters. The molecule has 2 fully saturated rings. The van der Waals surface area contributed by atoms with Gasteiger partial charge in [-0.05, 0) is 25.2 Å². The third-order valence-corrected chi connectivity index (χ3v) is 2.17. The predicted molar refractivity (Wildman–Crippen MR) is 37.8 cm³/mol. The second-order valence-corrected chi connectivity index (χ2v) is 2.99. The summed E-state index contributed by atoms with van der Waals surface area (Å²) in [5, 5.41) is 0. The quantitative estimate of drug-likeness (QED) is 0.425. The molecule has 1 saturated carbocycles. The first-order valence-corrected chi connectivity index (χ1v) is 3.78. The van der Waals surface area contributed by atoms with Crippen molar-refractivity contribution in [3.8, 4) is 0 Å². The van der Waals surface area contributed by atoms with Gasteiger partial charge in [-0.3, -0.25) is 10.3 Å². The fourth-order valence-corrected chi connectivity index (χ4v) is 1.11. The van der Waals surface area contributed by atoms with Crippen LogP contribution in [0.5, 0.6) is 0 Å². The van der Waals surface area contributed by atoms with Gasteiger partial charge in [0, 0.05) is 6.54 Å². The topological polar surface area (TPSA) is 15.0 Å². The molecule has 2 aliphatic rings. The Morgan fingerprint density at radius 1 is 1.56 bits per heavy atom. The summed E-state index contributed by atoms with van der Waals surface area (Å²) in [6.07, 6.45) is 5.49. The molecular weight excluding hydrogens is 111 g/mol. The van der Waals surface area contributed by atoms with E-state index in [1.54, 1.807) is 0 Å². The summed E-state index contributed by atoms with van der Waals surface area (Å²) in [6.45, 7) is 1.20. The lowest BCUT2D eigenvalue weighted by Gasteiger charge is -2.25. The maximum Gasteiger partial charge on any atom is 0.244 e. The van der Waals surface area contributed by atoms with Crippen LogP contribution in [0.2, 0.25) is 0 Å². The van der Waals surface area contributed by atoms with E-state index in [9.17, 15) is 0 Å². The minimum Gasteiger partial charge on any atom is -0.295 e. The van der Waals surface area contributed by atoms with Crippen molar-refractivity contribution in [2.75, 3.05) is 13.0 Å². The number of hydrogen-bond donors (Lipinski definition) is 1. The van der Waals surface area contributed by atoms with Crippen molar-refractivity contribution in [3.63, 3.8) is 0 Å². The van der Waals surface area contributed by atoms with E-state index in [-0.39, 0.29) is 0 Å². The molecule has 1 aliphatic heterocycles. The molecular formula is C6H12BN2. The monoisotopic (exact) mass is 123 g/mol. The van der Waals surface area contributed by atoms with Crippen LogP contribution in [0.15, 0.2) is 0 Å². The fraction of sp³-hybridized carbons (Fsp3) is 1.00. The number of hydrogen-bond acceptors (Lipinski definition) is 2. The molecule has 1 unspecified atom stereocenters. The van der Waals surface area contributed by atoms with Gasteiger partial charge >= 0.3 is 0 Å². The highest BCUT2D eigenvalue weighted by molar-refractivity contribution is 6.43. The summed E-state index contributed by atoms with van der Waals surface area (Å²) in [5.41, 5.74) is 3.34. The van der Waals surface area contributed by atoms with Crippen molar-refractivity contribution in [3.05, 3.63) is 0 Å². The van der Waals surface area contributed by atoms with Crippen LogP contribution < -0.4 is 5.43 Å². The van der Waals surface area contributed by atoms with Gasteiger partial charge in [-0.2, -0.15) is 0 Å². The van der Waals surface area contributed by atoms with Crippen LogP contribution in [0.25, 0.3) is 0 Å². The second kappa shape index (κ2) is 2.31. The Bertz CT molecular complexity index is 99.2. The van der Waals surface area contributed by atoms with E-state index in [0.29, 0.717) is 0 Å². The van der Waals surface area contributed by atoms with Crippen LogP contribution in [-0.2, 0) is 0 Å². The van der Waals surface area contributed by atoms with Crippen molar-refractivity contribution in [1.29, 1.82) is 0 Å². The Morgan fingerprint density at radius 3 is 2.78 bits per heavy atom. The average Bonchev–Trinajstić information content (AvgIpc) is 2.44. The molecule has 49 valence electrons. The lowest BCUT2D eigenvalue weighted by Crippen LogP contribution is -2.31. The Morgan fingerprint density at radius 2 is 2.33 bits per heavy atom. The van der Waals surface area contributed by atoms with Gasteiger partial charge in [0.1, 0.15) is 0 Å². The highest BCUT2D eigenvalue weighted by Crippen LogP contribution is 2.25. The van der Waals surface area contributed by atoms with Crippen molar-refractivity contribution in [1.82, 2.24) is 10.3 Å². The van der Waals surface area contributed by atoms with E-state index < -0.39 is 0 Å². The van der Waals surface area contributed by atoms with Gasteiger partial charge in [-0.15, -0.1) is 0 Å². The molecule has 2 rings (SSSR count).